The van der Waals surface area contributed by atoms with Crippen LogP contribution in [-0.2, 0) is 0 Å². The molecular weight excluding hydrogens is 565 g/mol. The van der Waals surface area contributed by atoms with Gasteiger partial charge in [-0.05, 0) is 68.3 Å². The van der Waals surface area contributed by atoms with Gasteiger partial charge in [0.05, 0.1) is 28.4 Å². The molecule has 0 bridgehead atoms. The first kappa shape index (κ1) is 28.9. The van der Waals surface area contributed by atoms with E-state index in [-0.39, 0.29) is 0 Å². The monoisotopic (exact) mass is 600 g/mol. The number of aryl methyl sites for hydroxylation is 1. The normalized spacial score (nSPS) is 12.0. The number of nitrogens with zero attached hydrogens (tertiary/aromatic N) is 4. The van der Waals surface area contributed by atoms with E-state index in [4.69, 9.17) is 0 Å². The van der Waals surface area contributed by atoms with Gasteiger partial charge in [0.1, 0.15) is 0 Å². The van der Waals surface area contributed by atoms with Crippen molar-refractivity contribution in [2.45, 2.75) is 33.2 Å². The molecule has 0 spiro atoms. The number of hydrogen-bond donors (Lipinski definition) is 4. The zero-order valence-corrected chi connectivity index (χ0v) is 26.1. The van der Waals surface area contributed by atoms with Crippen LogP contribution in [0.3, 0.4) is 0 Å². The van der Waals surface area contributed by atoms with Crippen LogP contribution in [0.5, 0.6) is 0 Å². The maximum Gasteiger partial charge on any atom is 0.229 e. The zero-order valence-electron chi connectivity index (χ0n) is 25.3. The van der Waals surface area contributed by atoms with Gasteiger partial charge in [-0.1, -0.05) is 55.5 Å². The highest BCUT2D eigenvalue weighted by atomic mass is 32.1. The van der Waals surface area contributed by atoms with E-state index >= 15 is 0 Å². The lowest BCUT2D eigenvalue weighted by Gasteiger charge is -2.26. The maximum absolute atomic E-state index is 4.35. The van der Waals surface area contributed by atoms with Crippen molar-refractivity contribution >= 4 is 72.1 Å². The number of anilines is 5. The van der Waals surface area contributed by atoms with Crippen molar-refractivity contribution < 1.29 is 0 Å². The van der Waals surface area contributed by atoms with Crippen LogP contribution in [0.2, 0.25) is 0 Å². The minimum atomic E-state index is 0.405. The summed E-state index contributed by atoms with van der Waals surface area (Å²) < 4.78 is 0. The average Bonchev–Trinajstić information content (AvgIpc) is 3.58. The third kappa shape index (κ3) is 6.28. The van der Waals surface area contributed by atoms with Gasteiger partial charge in [-0.25, -0.2) is 4.98 Å². The van der Waals surface area contributed by atoms with Gasteiger partial charge in [-0.3, -0.25) is 10.4 Å². The van der Waals surface area contributed by atoms with E-state index in [1.807, 2.05) is 30.5 Å². The number of azo groups is 1. The van der Waals surface area contributed by atoms with Crippen molar-refractivity contribution in [1.82, 2.24) is 4.98 Å². The minimum absolute atomic E-state index is 0.405. The summed E-state index contributed by atoms with van der Waals surface area (Å²) in [7, 11) is 2.06. The Bertz CT molecular complexity index is 1920. The van der Waals surface area contributed by atoms with Crippen molar-refractivity contribution in [2.24, 2.45) is 10.2 Å². The molecular formula is C35H36N8S. The fourth-order valence-corrected chi connectivity index (χ4v) is 5.62. The third-order valence-corrected chi connectivity index (χ3v) is 8.35. The Morgan fingerprint density at radius 1 is 0.795 bits per heavy atom. The van der Waals surface area contributed by atoms with Crippen LogP contribution in [-0.4, -0.2) is 18.1 Å². The Labute approximate surface area is 261 Å². The van der Waals surface area contributed by atoms with Crippen molar-refractivity contribution in [3.8, 4) is 0 Å². The first-order valence-corrected chi connectivity index (χ1v) is 15.6. The summed E-state index contributed by atoms with van der Waals surface area (Å²) in [6.45, 7) is 6.43. The van der Waals surface area contributed by atoms with Gasteiger partial charge < -0.3 is 16.2 Å². The van der Waals surface area contributed by atoms with E-state index in [1.165, 1.54) is 22.1 Å². The molecule has 0 aliphatic carbocycles. The number of fused-ring (bicyclic) bond motifs is 2. The smallest absolute Gasteiger partial charge is 0.229 e. The van der Waals surface area contributed by atoms with Gasteiger partial charge in [0.2, 0.25) is 5.13 Å². The molecule has 1 atom stereocenters. The highest BCUT2D eigenvalue weighted by molar-refractivity contribution is 7.13. The lowest BCUT2D eigenvalue weighted by molar-refractivity contribution is 0.765. The highest BCUT2D eigenvalue weighted by Gasteiger charge is 2.13. The largest absolute Gasteiger partial charge is 0.382 e. The fourth-order valence-electron chi connectivity index (χ4n) is 5.16. The summed E-state index contributed by atoms with van der Waals surface area (Å²) in [5.74, 6) is 0. The summed E-state index contributed by atoms with van der Waals surface area (Å²) in [6, 6.07) is 31.9. The van der Waals surface area contributed by atoms with E-state index in [2.05, 4.69) is 136 Å². The van der Waals surface area contributed by atoms with Crippen LogP contribution >= 0.6 is 11.3 Å². The van der Waals surface area contributed by atoms with Crippen molar-refractivity contribution in [2.75, 3.05) is 33.7 Å². The number of thiazole rings is 1. The van der Waals surface area contributed by atoms with E-state index < -0.39 is 0 Å². The summed E-state index contributed by atoms with van der Waals surface area (Å²) in [5, 5.41) is 21.4. The molecule has 44 heavy (non-hydrogen) atoms. The molecule has 0 amide bonds. The Balaban J connectivity index is 1.21. The molecule has 0 aliphatic rings. The average molecular weight is 601 g/mol. The predicted molar refractivity (Wildman–Crippen MR) is 188 cm³/mol. The molecule has 0 saturated heterocycles. The molecule has 6 aromatic rings. The second kappa shape index (κ2) is 13.0. The standard InChI is InChI=1S/C35H36N8S/c1-5-24(3)37-31-16-17-33(27-11-7-6-10-26(27)31)42-43(4)34-19-18-32(28-12-8-9-13-29(28)34)40-38-25-14-15-30(23(2)22-25)39-41-35-36-20-21-44-35/h6-22,24,37-38,40,42H,5H2,1-4H3. The molecule has 222 valence electrons. The lowest BCUT2D eigenvalue weighted by atomic mass is 10.1. The van der Waals surface area contributed by atoms with Crippen LogP contribution in [0.1, 0.15) is 25.8 Å². The zero-order chi connectivity index (χ0) is 30.5. The second-order valence-corrected chi connectivity index (χ2v) is 11.6. The second-order valence-electron chi connectivity index (χ2n) is 10.8. The van der Waals surface area contributed by atoms with Gasteiger partial charge in [0.25, 0.3) is 0 Å². The molecule has 5 aromatic carbocycles. The van der Waals surface area contributed by atoms with Crippen LogP contribution in [0, 0.1) is 6.92 Å². The number of hydrazine groups is 2. The number of rotatable bonds is 11. The van der Waals surface area contributed by atoms with Crippen LogP contribution in [0.25, 0.3) is 21.5 Å². The molecule has 0 saturated carbocycles. The van der Waals surface area contributed by atoms with Gasteiger partial charge in [0, 0.05) is 51.9 Å². The molecule has 1 unspecified atom stereocenters. The molecule has 6 rings (SSSR count). The Morgan fingerprint density at radius 3 is 2.18 bits per heavy atom. The van der Waals surface area contributed by atoms with Crippen LogP contribution in [0.4, 0.5) is 39.3 Å². The number of aromatic nitrogens is 1. The van der Waals surface area contributed by atoms with E-state index in [1.54, 1.807) is 6.20 Å². The summed E-state index contributed by atoms with van der Waals surface area (Å²) in [4.78, 5) is 4.16. The van der Waals surface area contributed by atoms with E-state index in [9.17, 15) is 0 Å². The number of hydrogen-bond acceptors (Lipinski definition) is 9. The third-order valence-electron chi connectivity index (χ3n) is 7.69. The van der Waals surface area contributed by atoms with Crippen LogP contribution in [0.15, 0.2) is 113 Å². The Kier molecular flexibility index (Phi) is 8.56. The summed E-state index contributed by atoms with van der Waals surface area (Å²) in [5.41, 5.74) is 17.4. The van der Waals surface area contributed by atoms with Gasteiger partial charge in [-0.15, -0.1) is 21.6 Å². The predicted octanol–water partition coefficient (Wildman–Crippen LogP) is 10.3. The Hall–Kier alpha value is -5.15. The number of benzene rings is 5. The maximum atomic E-state index is 4.35. The van der Waals surface area contributed by atoms with Gasteiger partial charge in [-0.2, -0.15) is 0 Å². The molecule has 0 radical (unpaired) electrons. The number of nitrogens with one attached hydrogen (secondary N) is 4. The molecule has 4 N–H and O–H groups in total. The SMILES string of the molecule is CCC(C)Nc1ccc(NN(C)c2ccc(NNc3ccc(N=Nc4nccs4)c(C)c3)c3ccccc23)c2ccccc12. The van der Waals surface area contributed by atoms with Crippen molar-refractivity contribution in [3.63, 3.8) is 0 Å². The lowest BCUT2D eigenvalue weighted by Crippen LogP contribution is -2.25. The molecule has 0 aliphatic heterocycles. The molecule has 8 nitrogen and oxygen atoms in total. The fraction of sp³-hybridized carbons (Fsp3) is 0.171. The molecule has 0 fully saturated rings. The van der Waals surface area contributed by atoms with Gasteiger partial charge >= 0.3 is 0 Å². The van der Waals surface area contributed by atoms with E-state index in [0.717, 1.165) is 56.9 Å². The molecule has 1 aromatic heterocycles. The highest BCUT2D eigenvalue weighted by Crippen LogP contribution is 2.35. The summed E-state index contributed by atoms with van der Waals surface area (Å²) >= 11 is 1.46. The summed E-state index contributed by atoms with van der Waals surface area (Å²) in [6.07, 6.45) is 2.79. The van der Waals surface area contributed by atoms with Crippen molar-refractivity contribution in [1.29, 1.82) is 0 Å². The molecule has 9 heteroatoms. The van der Waals surface area contributed by atoms with E-state index in [0.29, 0.717) is 11.2 Å². The Morgan fingerprint density at radius 2 is 1.48 bits per heavy atom. The van der Waals surface area contributed by atoms with Crippen molar-refractivity contribution in [3.05, 3.63) is 108 Å². The first-order valence-electron chi connectivity index (χ1n) is 14.7. The molecule has 1 heterocycles. The quantitative estimate of drug-likeness (QED) is 0.0874. The minimum Gasteiger partial charge on any atom is -0.382 e. The van der Waals surface area contributed by atoms with Gasteiger partial charge in [0.15, 0.2) is 0 Å². The first-order chi connectivity index (χ1) is 21.5. The van der Waals surface area contributed by atoms with Crippen LogP contribution < -0.4 is 26.6 Å². The topological polar surface area (TPSA) is 89.0 Å².